The van der Waals surface area contributed by atoms with Crippen molar-refractivity contribution >= 4 is 15.9 Å². The monoisotopic (exact) mass is 434 g/mol. The lowest BCUT2D eigenvalue weighted by Crippen LogP contribution is -2.36. The smallest absolute Gasteiger partial charge is 0.251 e. The molecule has 0 saturated carbocycles. The van der Waals surface area contributed by atoms with Crippen LogP contribution in [0.4, 0.5) is 0 Å². The molecule has 2 aromatic rings. The number of rotatable bonds is 9. The van der Waals surface area contributed by atoms with Gasteiger partial charge in [0.1, 0.15) is 0 Å². The van der Waals surface area contributed by atoms with E-state index in [0.29, 0.717) is 23.6 Å². The molecule has 0 spiro atoms. The molecule has 2 N–H and O–H groups in total. The number of carbonyl (C=O) groups is 1. The van der Waals surface area contributed by atoms with E-state index in [1.165, 1.54) is 31.4 Å². The Bertz CT molecular complexity index is 1000. The van der Waals surface area contributed by atoms with Crippen LogP contribution in [-0.2, 0) is 20.2 Å². The Labute approximate surface area is 176 Å². The number of carbonyl (C=O) groups excluding carboxylic acids is 1. The van der Waals surface area contributed by atoms with Gasteiger partial charge in [-0.2, -0.15) is 0 Å². The molecule has 30 heavy (non-hydrogen) atoms. The summed E-state index contributed by atoms with van der Waals surface area (Å²) < 4.78 is 42.4. The van der Waals surface area contributed by atoms with Crippen molar-refractivity contribution < 1.29 is 27.4 Å². The molecule has 1 aliphatic rings. The minimum absolute atomic E-state index is 0.0934. The van der Waals surface area contributed by atoms with Crippen molar-refractivity contribution in [2.75, 3.05) is 33.6 Å². The van der Waals surface area contributed by atoms with Crippen LogP contribution in [0.15, 0.2) is 47.4 Å². The number of hydrogen-bond donors (Lipinski definition) is 2. The van der Waals surface area contributed by atoms with E-state index in [1.54, 1.807) is 0 Å². The van der Waals surface area contributed by atoms with Gasteiger partial charge in [-0.05, 0) is 42.0 Å². The molecular weight excluding hydrogens is 408 g/mol. The van der Waals surface area contributed by atoms with Gasteiger partial charge in [-0.1, -0.05) is 19.9 Å². The SMILES string of the molecule is COCCNS(=O)(=O)c1ccc(C(=O)NCC(C)(C)c2ccc3c(c2)OCO3)cc1. The number of methoxy groups -OCH3 is 1. The van der Waals surface area contributed by atoms with E-state index in [0.717, 1.165) is 5.56 Å². The van der Waals surface area contributed by atoms with E-state index in [4.69, 9.17) is 14.2 Å². The summed E-state index contributed by atoms with van der Waals surface area (Å²) in [5.74, 6) is 1.13. The molecule has 9 heteroatoms. The lowest BCUT2D eigenvalue weighted by Gasteiger charge is -2.26. The zero-order chi connectivity index (χ0) is 21.8. The van der Waals surface area contributed by atoms with Gasteiger partial charge in [0, 0.05) is 31.2 Å². The van der Waals surface area contributed by atoms with Crippen molar-refractivity contribution in [3.8, 4) is 11.5 Å². The molecule has 8 nitrogen and oxygen atoms in total. The molecule has 1 aliphatic heterocycles. The van der Waals surface area contributed by atoms with Crippen LogP contribution >= 0.6 is 0 Å². The van der Waals surface area contributed by atoms with E-state index in [2.05, 4.69) is 10.0 Å². The topological polar surface area (TPSA) is 103 Å². The van der Waals surface area contributed by atoms with Gasteiger partial charge in [-0.3, -0.25) is 4.79 Å². The van der Waals surface area contributed by atoms with Gasteiger partial charge in [-0.15, -0.1) is 0 Å². The molecule has 3 rings (SSSR count). The Hall–Kier alpha value is -2.62. The zero-order valence-electron chi connectivity index (χ0n) is 17.2. The van der Waals surface area contributed by atoms with Gasteiger partial charge in [-0.25, -0.2) is 13.1 Å². The average Bonchev–Trinajstić information content (AvgIpc) is 3.20. The molecule has 0 aliphatic carbocycles. The summed E-state index contributed by atoms with van der Waals surface area (Å²) >= 11 is 0. The van der Waals surface area contributed by atoms with E-state index in [-0.39, 0.29) is 36.2 Å². The highest BCUT2D eigenvalue weighted by Gasteiger charge is 2.25. The van der Waals surface area contributed by atoms with Crippen LogP contribution < -0.4 is 19.5 Å². The highest BCUT2D eigenvalue weighted by molar-refractivity contribution is 7.89. The summed E-state index contributed by atoms with van der Waals surface area (Å²) in [6.45, 7) is 5.10. The summed E-state index contributed by atoms with van der Waals surface area (Å²) in [5.41, 5.74) is 1.05. The van der Waals surface area contributed by atoms with E-state index in [9.17, 15) is 13.2 Å². The number of sulfonamides is 1. The minimum atomic E-state index is -3.64. The number of nitrogens with one attached hydrogen (secondary N) is 2. The van der Waals surface area contributed by atoms with Crippen LogP contribution in [0.2, 0.25) is 0 Å². The van der Waals surface area contributed by atoms with Crippen LogP contribution in [-0.4, -0.2) is 47.9 Å². The molecular formula is C21H26N2O6S. The van der Waals surface area contributed by atoms with Crippen LogP contribution in [0.5, 0.6) is 11.5 Å². The first-order valence-electron chi connectivity index (χ1n) is 9.50. The van der Waals surface area contributed by atoms with Gasteiger partial charge in [0.2, 0.25) is 16.8 Å². The second kappa shape index (κ2) is 9.03. The first kappa shape index (κ1) is 22.1. The maximum atomic E-state index is 12.5. The minimum Gasteiger partial charge on any atom is -0.454 e. The second-order valence-corrected chi connectivity index (χ2v) is 9.32. The molecule has 1 heterocycles. The fraction of sp³-hybridized carbons (Fsp3) is 0.381. The first-order chi connectivity index (χ1) is 14.2. The third-order valence-electron chi connectivity index (χ3n) is 4.87. The molecule has 162 valence electrons. The van der Waals surface area contributed by atoms with Crippen molar-refractivity contribution in [2.24, 2.45) is 0 Å². The summed E-state index contributed by atoms with van der Waals surface area (Å²) in [7, 11) is -2.14. The van der Waals surface area contributed by atoms with E-state index < -0.39 is 10.0 Å². The fourth-order valence-corrected chi connectivity index (χ4v) is 3.98. The summed E-state index contributed by atoms with van der Waals surface area (Å²) in [5, 5.41) is 2.91. The Morgan fingerprint density at radius 2 is 1.80 bits per heavy atom. The number of benzene rings is 2. The third-order valence-corrected chi connectivity index (χ3v) is 6.35. The van der Waals surface area contributed by atoms with Crippen LogP contribution in [0.3, 0.4) is 0 Å². The standard InChI is InChI=1S/C21H26N2O6S/c1-21(2,16-6-9-18-19(12-16)29-14-28-18)13-22-20(24)15-4-7-17(8-5-15)30(25,26)23-10-11-27-3/h4-9,12,23H,10-11,13-14H2,1-3H3,(H,22,24). The molecule has 2 aromatic carbocycles. The van der Waals surface area contributed by atoms with Crippen molar-refractivity contribution in [1.29, 1.82) is 0 Å². The lowest BCUT2D eigenvalue weighted by atomic mass is 9.84. The summed E-state index contributed by atoms with van der Waals surface area (Å²) in [6.07, 6.45) is 0. The van der Waals surface area contributed by atoms with Crippen molar-refractivity contribution in [3.05, 3.63) is 53.6 Å². The quantitative estimate of drug-likeness (QED) is 0.586. The van der Waals surface area contributed by atoms with E-state index >= 15 is 0 Å². The number of amides is 1. The molecule has 0 saturated heterocycles. The van der Waals surface area contributed by atoms with Gasteiger partial charge in [0.05, 0.1) is 11.5 Å². The Balaban J connectivity index is 1.62. The number of hydrogen-bond acceptors (Lipinski definition) is 6. The molecule has 1 amide bonds. The normalized spacial score (nSPS) is 13.3. The molecule has 0 atom stereocenters. The van der Waals surface area contributed by atoms with Gasteiger partial charge < -0.3 is 19.5 Å². The highest BCUT2D eigenvalue weighted by atomic mass is 32.2. The zero-order valence-corrected chi connectivity index (χ0v) is 18.0. The molecule has 0 fully saturated rings. The second-order valence-electron chi connectivity index (χ2n) is 7.55. The third kappa shape index (κ3) is 5.10. The van der Waals surface area contributed by atoms with Crippen molar-refractivity contribution in [2.45, 2.75) is 24.2 Å². The van der Waals surface area contributed by atoms with Crippen LogP contribution in [0.25, 0.3) is 0 Å². The largest absolute Gasteiger partial charge is 0.454 e. The maximum Gasteiger partial charge on any atom is 0.251 e. The van der Waals surface area contributed by atoms with E-state index in [1.807, 2.05) is 32.0 Å². The fourth-order valence-electron chi connectivity index (χ4n) is 2.97. The number of ether oxygens (including phenoxy) is 3. The average molecular weight is 435 g/mol. The number of fused-ring (bicyclic) bond motifs is 1. The van der Waals surface area contributed by atoms with Crippen molar-refractivity contribution in [1.82, 2.24) is 10.0 Å². The summed E-state index contributed by atoms with van der Waals surface area (Å²) in [6, 6.07) is 11.5. The lowest BCUT2D eigenvalue weighted by molar-refractivity contribution is 0.0945. The van der Waals surface area contributed by atoms with Gasteiger partial charge >= 0.3 is 0 Å². The maximum absolute atomic E-state index is 12.5. The summed E-state index contributed by atoms with van der Waals surface area (Å²) in [4.78, 5) is 12.6. The van der Waals surface area contributed by atoms with Crippen LogP contribution in [0, 0.1) is 0 Å². The Morgan fingerprint density at radius 1 is 1.10 bits per heavy atom. The first-order valence-corrected chi connectivity index (χ1v) is 11.0. The van der Waals surface area contributed by atoms with Gasteiger partial charge in [0.25, 0.3) is 5.91 Å². The molecule has 0 radical (unpaired) electrons. The predicted molar refractivity (Wildman–Crippen MR) is 111 cm³/mol. The highest BCUT2D eigenvalue weighted by Crippen LogP contribution is 2.36. The predicted octanol–water partition coefficient (Wildman–Crippen LogP) is 2.05. The molecule has 0 unspecified atom stereocenters. The Kier molecular flexibility index (Phi) is 6.64. The van der Waals surface area contributed by atoms with Crippen molar-refractivity contribution in [3.63, 3.8) is 0 Å². The van der Waals surface area contributed by atoms with Gasteiger partial charge in [0.15, 0.2) is 11.5 Å². The molecule has 0 bridgehead atoms. The molecule has 0 aromatic heterocycles. The van der Waals surface area contributed by atoms with Crippen LogP contribution in [0.1, 0.15) is 29.8 Å². The Morgan fingerprint density at radius 3 is 2.50 bits per heavy atom.